The van der Waals surface area contributed by atoms with Crippen LogP contribution >= 0.6 is 0 Å². The zero-order valence-electron chi connectivity index (χ0n) is 14.6. The number of hydrogen-bond acceptors (Lipinski definition) is 3. The molecule has 25 heavy (non-hydrogen) atoms. The highest BCUT2D eigenvalue weighted by atomic mass is 16.5. The van der Waals surface area contributed by atoms with Gasteiger partial charge in [-0.25, -0.2) is 0 Å². The molecule has 3 aromatic carbocycles. The van der Waals surface area contributed by atoms with Crippen LogP contribution < -0.4 is 14.8 Å². The summed E-state index contributed by atoms with van der Waals surface area (Å²) in [6.45, 7) is 2.36. The third-order valence-electron chi connectivity index (χ3n) is 4.28. The SMILES string of the molecule is COc1cc(C(=O)NCc2ccc3ccccc3c2)cc(OC)c1C. The van der Waals surface area contributed by atoms with Crippen LogP contribution in [0.25, 0.3) is 10.8 Å². The summed E-state index contributed by atoms with van der Waals surface area (Å²) in [6, 6.07) is 17.8. The second kappa shape index (κ2) is 7.26. The van der Waals surface area contributed by atoms with E-state index in [1.807, 2.05) is 25.1 Å². The highest BCUT2D eigenvalue weighted by Gasteiger charge is 2.13. The zero-order valence-corrected chi connectivity index (χ0v) is 14.6. The molecule has 0 heterocycles. The van der Waals surface area contributed by atoms with Crippen molar-refractivity contribution in [3.63, 3.8) is 0 Å². The van der Waals surface area contributed by atoms with Gasteiger partial charge in [0.2, 0.25) is 0 Å². The van der Waals surface area contributed by atoms with Gasteiger partial charge in [0.15, 0.2) is 0 Å². The van der Waals surface area contributed by atoms with Gasteiger partial charge < -0.3 is 14.8 Å². The van der Waals surface area contributed by atoms with Crippen LogP contribution in [0.5, 0.6) is 11.5 Å². The van der Waals surface area contributed by atoms with Gasteiger partial charge in [0, 0.05) is 17.7 Å². The van der Waals surface area contributed by atoms with E-state index in [1.165, 1.54) is 5.39 Å². The number of methoxy groups -OCH3 is 2. The molecule has 0 radical (unpaired) electrons. The van der Waals surface area contributed by atoms with Crippen molar-refractivity contribution in [2.45, 2.75) is 13.5 Å². The van der Waals surface area contributed by atoms with Crippen molar-refractivity contribution in [3.8, 4) is 11.5 Å². The molecule has 0 atom stereocenters. The van der Waals surface area contributed by atoms with Gasteiger partial charge in [-0.2, -0.15) is 0 Å². The van der Waals surface area contributed by atoms with Crippen molar-refractivity contribution in [1.82, 2.24) is 5.32 Å². The van der Waals surface area contributed by atoms with E-state index in [-0.39, 0.29) is 5.91 Å². The average Bonchev–Trinajstić information content (AvgIpc) is 2.66. The quantitative estimate of drug-likeness (QED) is 0.764. The summed E-state index contributed by atoms with van der Waals surface area (Å²) in [5.41, 5.74) is 2.44. The highest BCUT2D eigenvalue weighted by molar-refractivity contribution is 5.95. The Kier molecular flexibility index (Phi) is 4.89. The molecular weight excluding hydrogens is 314 g/mol. The average molecular weight is 335 g/mol. The number of nitrogens with one attached hydrogen (secondary N) is 1. The normalized spacial score (nSPS) is 10.5. The fraction of sp³-hybridized carbons (Fsp3) is 0.190. The van der Waals surface area contributed by atoms with Gasteiger partial charge in [0.1, 0.15) is 11.5 Å². The fourth-order valence-corrected chi connectivity index (χ4v) is 2.85. The molecule has 0 fully saturated rings. The maximum Gasteiger partial charge on any atom is 0.251 e. The summed E-state index contributed by atoms with van der Waals surface area (Å²) >= 11 is 0. The summed E-state index contributed by atoms with van der Waals surface area (Å²) in [4.78, 5) is 12.5. The first-order chi connectivity index (χ1) is 12.1. The lowest BCUT2D eigenvalue weighted by Gasteiger charge is -2.13. The molecule has 4 nitrogen and oxygen atoms in total. The second-order valence-electron chi connectivity index (χ2n) is 5.87. The smallest absolute Gasteiger partial charge is 0.251 e. The van der Waals surface area contributed by atoms with Crippen molar-refractivity contribution in [3.05, 3.63) is 71.3 Å². The Morgan fingerprint density at radius 2 is 1.56 bits per heavy atom. The van der Waals surface area contributed by atoms with E-state index in [4.69, 9.17) is 9.47 Å². The maximum absolute atomic E-state index is 12.5. The van der Waals surface area contributed by atoms with Crippen LogP contribution in [0.2, 0.25) is 0 Å². The third-order valence-corrected chi connectivity index (χ3v) is 4.28. The van der Waals surface area contributed by atoms with Gasteiger partial charge in [-0.15, -0.1) is 0 Å². The molecule has 1 N–H and O–H groups in total. The lowest BCUT2D eigenvalue weighted by atomic mass is 10.1. The minimum atomic E-state index is -0.162. The number of ether oxygens (including phenoxy) is 2. The van der Waals surface area contributed by atoms with Crippen LogP contribution in [-0.2, 0) is 6.54 Å². The van der Waals surface area contributed by atoms with Crippen LogP contribution in [0.4, 0.5) is 0 Å². The van der Waals surface area contributed by atoms with E-state index in [2.05, 4.69) is 29.6 Å². The van der Waals surface area contributed by atoms with Crippen LogP contribution in [0.3, 0.4) is 0 Å². The molecule has 0 aliphatic heterocycles. The van der Waals surface area contributed by atoms with Gasteiger partial charge in [0.05, 0.1) is 14.2 Å². The van der Waals surface area contributed by atoms with Gasteiger partial charge in [0.25, 0.3) is 5.91 Å². The number of rotatable bonds is 5. The Labute approximate surface area is 147 Å². The van der Waals surface area contributed by atoms with Crippen molar-refractivity contribution in [1.29, 1.82) is 0 Å². The molecule has 0 bridgehead atoms. The Morgan fingerprint density at radius 3 is 2.20 bits per heavy atom. The number of carbonyl (C=O) groups excluding carboxylic acids is 1. The van der Waals surface area contributed by atoms with Crippen molar-refractivity contribution >= 4 is 16.7 Å². The number of carbonyl (C=O) groups is 1. The first-order valence-corrected chi connectivity index (χ1v) is 8.11. The molecule has 0 saturated heterocycles. The van der Waals surface area contributed by atoms with E-state index in [9.17, 15) is 4.79 Å². The van der Waals surface area contributed by atoms with E-state index < -0.39 is 0 Å². The molecule has 0 aliphatic carbocycles. The molecular formula is C21H21NO3. The summed E-state index contributed by atoms with van der Waals surface area (Å²) < 4.78 is 10.7. The topological polar surface area (TPSA) is 47.6 Å². The van der Waals surface area contributed by atoms with E-state index in [0.717, 1.165) is 16.5 Å². The van der Waals surface area contributed by atoms with Crippen molar-refractivity contribution in [2.24, 2.45) is 0 Å². The van der Waals surface area contributed by atoms with Crippen LogP contribution in [0.15, 0.2) is 54.6 Å². The second-order valence-corrected chi connectivity index (χ2v) is 5.87. The molecule has 128 valence electrons. The fourth-order valence-electron chi connectivity index (χ4n) is 2.85. The van der Waals surface area contributed by atoms with Crippen molar-refractivity contribution in [2.75, 3.05) is 14.2 Å². The number of fused-ring (bicyclic) bond motifs is 1. The molecule has 3 aromatic rings. The summed E-state index contributed by atoms with van der Waals surface area (Å²) in [5, 5.41) is 5.30. The first-order valence-electron chi connectivity index (χ1n) is 8.11. The molecule has 0 saturated carbocycles. The largest absolute Gasteiger partial charge is 0.496 e. The van der Waals surface area contributed by atoms with Crippen LogP contribution in [0.1, 0.15) is 21.5 Å². The van der Waals surface area contributed by atoms with Crippen LogP contribution in [0, 0.1) is 6.92 Å². The summed E-state index contributed by atoms with van der Waals surface area (Å²) in [6.07, 6.45) is 0. The van der Waals surface area contributed by atoms with Gasteiger partial charge in [-0.1, -0.05) is 36.4 Å². The molecule has 0 unspecified atom stereocenters. The lowest BCUT2D eigenvalue weighted by Crippen LogP contribution is -2.23. The predicted molar refractivity (Wildman–Crippen MR) is 99.4 cm³/mol. The molecule has 4 heteroatoms. The zero-order chi connectivity index (χ0) is 17.8. The van der Waals surface area contributed by atoms with Gasteiger partial charge >= 0.3 is 0 Å². The molecule has 0 aliphatic rings. The molecule has 1 amide bonds. The Balaban J connectivity index is 1.77. The highest BCUT2D eigenvalue weighted by Crippen LogP contribution is 2.29. The summed E-state index contributed by atoms with van der Waals surface area (Å²) in [5.74, 6) is 1.11. The predicted octanol–water partition coefficient (Wildman–Crippen LogP) is 4.10. The van der Waals surface area contributed by atoms with Crippen LogP contribution in [-0.4, -0.2) is 20.1 Å². The monoisotopic (exact) mass is 335 g/mol. The van der Waals surface area contributed by atoms with E-state index in [1.54, 1.807) is 26.4 Å². The Bertz CT molecular complexity index is 893. The summed E-state index contributed by atoms with van der Waals surface area (Å²) in [7, 11) is 3.16. The third kappa shape index (κ3) is 3.58. The molecule has 0 spiro atoms. The maximum atomic E-state index is 12.5. The van der Waals surface area contributed by atoms with Gasteiger partial charge in [-0.3, -0.25) is 4.79 Å². The first kappa shape index (κ1) is 16.8. The minimum Gasteiger partial charge on any atom is -0.496 e. The van der Waals surface area contributed by atoms with E-state index >= 15 is 0 Å². The van der Waals surface area contributed by atoms with Crippen molar-refractivity contribution < 1.29 is 14.3 Å². The Hall–Kier alpha value is -3.01. The number of benzene rings is 3. The van der Waals surface area contributed by atoms with Gasteiger partial charge in [-0.05, 0) is 41.5 Å². The molecule has 0 aromatic heterocycles. The number of hydrogen-bond donors (Lipinski definition) is 1. The molecule has 3 rings (SSSR count). The number of amides is 1. The Morgan fingerprint density at radius 1 is 0.920 bits per heavy atom. The lowest BCUT2D eigenvalue weighted by molar-refractivity contribution is 0.0950. The standard InChI is InChI=1S/C21H21NO3/c1-14-19(24-2)11-18(12-20(14)25-3)21(23)22-13-15-8-9-16-6-4-5-7-17(16)10-15/h4-12H,13H2,1-3H3,(H,22,23). The van der Waals surface area contributed by atoms with E-state index in [0.29, 0.717) is 23.6 Å². The minimum absolute atomic E-state index is 0.162.